The maximum absolute atomic E-state index is 12.1. The minimum atomic E-state index is -0.348. The Kier molecular flexibility index (Phi) is 4.67. The number of rotatable bonds is 4. The molecule has 1 N–H and O–H groups in total. The summed E-state index contributed by atoms with van der Waals surface area (Å²) in [5, 5.41) is 7.51. The molecule has 0 aliphatic rings. The summed E-state index contributed by atoms with van der Waals surface area (Å²) in [6.07, 6.45) is 3.28. The number of aromatic nitrogens is 3. The van der Waals surface area contributed by atoms with Gasteiger partial charge >= 0.3 is 0 Å². The molecule has 1 aromatic carbocycles. The fourth-order valence-electron chi connectivity index (χ4n) is 2.11. The molecule has 0 aliphatic carbocycles. The normalized spacial score (nSPS) is 10.4. The van der Waals surface area contributed by atoms with Crippen LogP contribution in [0.2, 0.25) is 5.02 Å². The van der Waals surface area contributed by atoms with Gasteiger partial charge in [-0.15, -0.1) is 0 Å². The van der Waals surface area contributed by atoms with Crippen LogP contribution in [0.5, 0.6) is 0 Å². The van der Waals surface area contributed by atoms with E-state index in [1.54, 1.807) is 54.9 Å². The molecule has 120 valence electrons. The van der Waals surface area contributed by atoms with E-state index in [9.17, 15) is 9.59 Å². The summed E-state index contributed by atoms with van der Waals surface area (Å²) < 4.78 is 1.13. The first-order valence-electron chi connectivity index (χ1n) is 7.16. The maximum atomic E-state index is 12.1. The van der Waals surface area contributed by atoms with Crippen molar-refractivity contribution in [2.75, 3.05) is 5.32 Å². The van der Waals surface area contributed by atoms with Crippen molar-refractivity contribution in [2.45, 2.75) is 6.54 Å². The van der Waals surface area contributed by atoms with Crippen LogP contribution in [0.1, 0.15) is 0 Å². The van der Waals surface area contributed by atoms with Crippen molar-refractivity contribution < 1.29 is 4.79 Å². The fraction of sp³-hybridized carbons (Fsp3) is 0.0588. The number of carbonyl (C=O) groups is 1. The molecule has 2 heterocycles. The van der Waals surface area contributed by atoms with Crippen LogP contribution in [0, 0.1) is 0 Å². The average Bonchev–Trinajstić information content (AvgIpc) is 2.60. The smallest absolute Gasteiger partial charge is 0.267 e. The second kappa shape index (κ2) is 7.06. The Labute approximate surface area is 142 Å². The summed E-state index contributed by atoms with van der Waals surface area (Å²) in [7, 11) is 0. The van der Waals surface area contributed by atoms with E-state index in [0.29, 0.717) is 16.4 Å². The van der Waals surface area contributed by atoms with Crippen molar-refractivity contribution in [1.82, 2.24) is 14.8 Å². The first kappa shape index (κ1) is 15.9. The molecule has 0 saturated heterocycles. The van der Waals surface area contributed by atoms with E-state index in [4.69, 9.17) is 11.6 Å². The zero-order valence-corrected chi connectivity index (χ0v) is 13.3. The van der Waals surface area contributed by atoms with Gasteiger partial charge in [-0.1, -0.05) is 11.6 Å². The Bertz CT molecular complexity index is 908. The Hall–Kier alpha value is -2.99. The molecule has 0 bridgehead atoms. The number of carbonyl (C=O) groups excluding carboxylic acids is 1. The van der Waals surface area contributed by atoms with Gasteiger partial charge in [0, 0.05) is 34.7 Å². The summed E-state index contributed by atoms with van der Waals surface area (Å²) in [6, 6.07) is 13.3. The lowest BCUT2D eigenvalue weighted by Gasteiger charge is -2.08. The summed E-state index contributed by atoms with van der Waals surface area (Å²) >= 11 is 5.80. The van der Waals surface area contributed by atoms with Crippen LogP contribution in [0.4, 0.5) is 5.69 Å². The van der Waals surface area contributed by atoms with Gasteiger partial charge in [0.25, 0.3) is 5.56 Å². The third-order valence-electron chi connectivity index (χ3n) is 3.26. The van der Waals surface area contributed by atoms with Crippen LogP contribution in [0.3, 0.4) is 0 Å². The van der Waals surface area contributed by atoms with Crippen molar-refractivity contribution in [3.63, 3.8) is 0 Å². The number of benzene rings is 1. The van der Waals surface area contributed by atoms with Gasteiger partial charge in [0.2, 0.25) is 5.91 Å². The maximum Gasteiger partial charge on any atom is 0.267 e. The predicted octanol–water partition coefficient (Wildman–Crippen LogP) is 2.60. The van der Waals surface area contributed by atoms with Crippen molar-refractivity contribution in [1.29, 1.82) is 0 Å². The second-order valence-corrected chi connectivity index (χ2v) is 5.44. The molecule has 6 nitrogen and oxygen atoms in total. The van der Waals surface area contributed by atoms with E-state index in [2.05, 4.69) is 15.4 Å². The average molecular weight is 341 g/mol. The molecule has 0 saturated carbocycles. The van der Waals surface area contributed by atoms with Gasteiger partial charge in [-0.25, -0.2) is 4.68 Å². The number of amides is 1. The van der Waals surface area contributed by atoms with Crippen LogP contribution in [-0.4, -0.2) is 20.7 Å². The van der Waals surface area contributed by atoms with Crippen molar-refractivity contribution in [3.05, 3.63) is 76.3 Å². The highest BCUT2D eigenvalue weighted by Gasteiger charge is 2.08. The van der Waals surface area contributed by atoms with E-state index in [1.807, 2.05) is 0 Å². The van der Waals surface area contributed by atoms with Gasteiger partial charge in [0.15, 0.2) is 0 Å². The highest BCUT2D eigenvalue weighted by molar-refractivity contribution is 6.30. The predicted molar refractivity (Wildman–Crippen MR) is 91.8 cm³/mol. The Morgan fingerprint density at radius 3 is 2.46 bits per heavy atom. The Morgan fingerprint density at radius 1 is 1.04 bits per heavy atom. The van der Waals surface area contributed by atoms with Crippen LogP contribution in [0.25, 0.3) is 11.3 Å². The SMILES string of the molecule is O=C(Cn1nc(-c2ccncc2)ccc1=O)Nc1ccc(Cl)cc1. The molecule has 0 unspecified atom stereocenters. The number of halogens is 1. The van der Waals surface area contributed by atoms with E-state index in [0.717, 1.165) is 10.2 Å². The number of pyridine rings is 1. The van der Waals surface area contributed by atoms with Gasteiger partial charge in [0.1, 0.15) is 6.54 Å². The molecule has 0 spiro atoms. The minimum absolute atomic E-state index is 0.180. The van der Waals surface area contributed by atoms with E-state index in [-0.39, 0.29) is 18.0 Å². The topological polar surface area (TPSA) is 76.9 Å². The lowest BCUT2D eigenvalue weighted by atomic mass is 10.2. The Balaban J connectivity index is 1.78. The standard InChI is InChI=1S/C17H13ClN4O2/c18-13-1-3-14(4-2-13)20-16(23)11-22-17(24)6-5-15(21-22)12-7-9-19-10-8-12/h1-10H,11H2,(H,20,23). The zero-order valence-electron chi connectivity index (χ0n) is 12.5. The van der Waals surface area contributed by atoms with Crippen molar-refractivity contribution >= 4 is 23.2 Å². The third kappa shape index (κ3) is 3.85. The van der Waals surface area contributed by atoms with Crippen molar-refractivity contribution in [3.8, 4) is 11.3 Å². The largest absolute Gasteiger partial charge is 0.324 e. The van der Waals surface area contributed by atoms with Crippen LogP contribution < -0.4 is 10.9 Å². The van der Waals surface area contributed by atoms with Gasteiger partial charge in [-0.2, -0.15) is 5.10 Å². The Morgan fingerprint density at radius 2 is 1.75 bits per heavy atom. The monoisotopic (exact) mass is 340 g/mol. The van der Waals surface area contributed by atoms with Gasteiger partial charge < -0.3 is 5.32 Å². The zero-order chi connectivity index (χ0) is 16.9. The lowest BCUT2D eigenvalue weighted by molar-refractivity contribution is -0.117. The molecule has 2 aromatic heterocycles. The van der Waals surface area contributed by atoms with Crippen molar-refractivity contribution in [2.24, 2.45) is 0 Å². The number of hydrogen-bond donors (Lipinski definition) is 1. The van der Waals surface area contributed by atoms with E-state index >= 15 is 0 Å². The van der Waals surface area contributed by atoms with Gasteiger partial charge in [-0.3, -0.25) is 14.6 Å². The van der Waals surface area contributed by atoms with Crippen LogP contribution >= 0.6 is 11.6 Å². The molecule has 0 radical (unpaired) electrons. The minimum Gasteiger partial charge on any atom is -0.324 e. The quantitative estimate of drug-likeness (QED) is 0.792. The summed E-state index contributed by atoms with van der Waals surface area (Å²) in [6.45, 7) is -0.180. The van der Waals surface area contributed by atoms with E-state index < -0.39 is 0 Å². The number of nitrogens with zero attached hydrogens (tertiary/aromatic N) is 3. The second-order valence-electron chi connectivity index (χ2n) is 5.01. The first-order valence-corrected chi connectivity index (χ1v) is 7.53. The van der Waals surface area contributed by atoms with Crippen LogP contribution in [0.15, 0.2) is 65.7 Å². The molecule has 1 amide bonds. The molecule has 0 fully saturated rings. The molecule has 3 rings (SSSR count). The van der Waals surface area contributed by atoms with Gasteiger partial charge in [0.05, 0.1) is 5.69 Å². The van der Waals surface area contributed by atoms with E-state index in [1.165, 1.54) is 6.07 Å². The first-order chi connectivity index (χ1) is 11.6. The fourth-order valence-corrected chi connectivity index (χ4v) is 2.23. The number of hydrogen-bond acceptors (Lipinski definition) is 4. The molecule has 0 atom stereocenters. The molecule has 7 heteroatoms. The third-order valence-corrected chi connectivity index (χ3v) is 3.52. The summed E-state index contributed by atoms with van der Waals surface area (Å²) in [5.74, 6) is -0.348. The molecule has 24 heavy (non-hydrogen) atoms. The lowest BCUT2D eigenvalue weighted by Crippen LogP contribution is -2.29. The highest BCUT2D eigenvalue weighted by atomic mass is 35.5. The number of nitrogens with one attached hydrogen (secondary N) is 1. The summed E-state index contributed by atoms with van der Waals surface area (Å²) in [4.78, 5) is 28.0. The summed E-state index contributed by atoms with van der Waals surface area (Å²) in [5.41, 5.74) is 1.66. The number of anilines is 1. The van der Waals surface area contributed by atoms with Crippen LogP contribution in [-0.2, 0) is 11.3 Å². The van der Waals surface area contributed by atoms with Gasteiger partial charge in [-0.05, 0) is 42.5 Å². The molecule has 0 aliphatic heterocycles. The molecular weight excluding hydrogens is 328 g/mol. The highest BCUT2D eigenvalue weighted by Crippen LogP contribution is 2.14. The molecule has 3 aromatic rings. The molecular formula is C17H13ClN4O2.